The highest BCUT2D eigenvalue weighted by Crippen LogP contribution is 2.23. The molecule has 19 nitrogen and oxygen atoms in total. The zero-order valence-electron chi connectivity index (χ0n) is 29.2. The van der Waals surface area contributed by atoms with E-state index >= 15 is 0 Å². The maximum atomic E-state index is 13.7. The number of hydrogen-bond donors (Lipinski definition) is 9. The molecule has 2 aliphatic heterocycles. The average Bonchev–Trinajstić information content (AvgIpc) is 3.57. The van der Waals surface area contributed by atoms with Crippen LogP contribution in [0.1, 0.15) is 64.1 Å². The Bertz CT molecular complexity index is 1580. The predicted octanol–water partition coefficient (Wildman–Crippen LogP) is -2.61. The van der Waals surface area contributed by atoms with Crippen molar-refractivity contribution in [3.8, 4) is 0 Å². The second-order valence-electron chi connectivity index (χ2n) is 12.9. The molecule has 0 unspecified atom stereocenters. The number of pyridine rings is 1. The number of nitrogens with one attached hydrogen (secondary N) is 5. The predicted molar refractivity (Wildman–Crippen MR) is 191 cm³/mol. The van der Waals surface area contributed by atoms with E-state index < -0.39 is 84.1 Å². The van der Waals surface area contributed by atoms with E-state index in [0.29, 0.717) is 16.3 Å². The van der Waals surface area contributed by atoms with Crippen molar-refractivity contribution in [1.29, 1.82) is 0 Å². The van der Waals surface area contributed by atoms with Gasteiger partial charge in [0.05, 0.1) is 5.69 Å². The zero-order valence-corrected chi connectivity index (χ0v) is 30.0. The number of carboxylic acid groups (broad SMARTS) is 1. The minimum Gasteiger partial charge on any atom is -0.481 e. The average molecular weight is 746 g/mol. The molecule has 1 aromatic rings. The first kappa shape index (κ1) is 41.2. The fraction of sp³-hybridized carbons (Fsp3) is 0.562. The maximum Gasteiger partial charge on any atom is 0.303 e. The minimum atomic E-state index is -1.43. The van der Waals surface area contributed by atoms with Crippen LogP contribution in [0, 0.1) is 5.92 Å². The van der Waals surface area contributed by atoms with E-state index in [9.17, 15) is 38.7 Å². The van der Waals surface area contributed by atoms with Crippen molar-refractivity contribution in [3.05, 3.63) is 29.6 Å². The summed E-state index contributed by atoms with van der Waals surface area (Å²) in [6, 6.07) is -3.83. The van der Waals surface area contributed by atoms with E-state index in [0.717, 1.165) is 0 Å². The van der Waals surface area contributed by atoms with E-state index in [4.69, 9.17) is 17.2 Å². The van der Waals surface area contributed by atoms with Gasteiger partial charge in [-0.3, -0.25) is 48.5 Å². The third-order valence-electron chi connectivity index (χ3n) is 8.05. The molecular weight excluding hydrogens is 698 g/mol. The molecule has 0 aromatic carbocycles. The number of aliphatic carboxylic acids is 1. The molecule has 12 N–H and O–H groups in total. The largest absolute Gasteiger partial charge is 0.481 e. The van der Waals surface area contributed by atoms with Crippen LogP contribution in [-0.4, -0.2) is 111 Å². The summed E-state index contributed by atoms with van der Waals surface area (Å²) >= 11 is 1.26. The highest BCUT2D eigenvalue weighted by Gasteiger charge is 2.34. The fourth-order valence-electron chi connectivity index (χ4n) is 5.33. The first-order valence-corrected chi connectivity index (χ1v) is 17.8. The van der Waals surface area contributed by atoms with Crippen molar-refractivity contribution in [2.24, 2.45) is 33.1 Å². The number of thioether (sulfide) groups is 1. The molecule has 3 rings (SSSR count). The highest BCUT2D eigenvalue weighted by molar-refractivity contribution is 8.14. The van der Waals surface area contributed by atoms with Crippen LogP contribution in [0.25, 0.3) is 0 Å². The molecule has 2 aliphatic rings. The van der Waals surface area contributed by atoms with Crippen molar-refractivity contribution >= 4 is 64.2 Å². The standard InChI is InChI=1S/C32H47N11O8S/c1-15(2)11-21-29(50)40-19(6-7-24(44)45)28(49)41-20(25(33)46)12-17-8-10-36-22(13-17)31-43-23(14-52-31)30(51)38-16(3)26(47)39-18(27(48)42-21)5-4-9-37-32(34)35/h8,10,13,15-16,18-21,23H,4-7,9,11-12,14H2,1-3H3,(H2,33,46)(H,38,51)(H,39,47)(H,40,50)(H,41,49)(H,42,48)(H,44,45)(H4,34,35,37)/t16-,18-,19-,20-,21-,23-/m0/s1. The molecule has 20 heteroatoms. The van der Waals surface area contributed by atoms with E-state index in [2.05, 4.69) is 41.6 Å². The lowest BCUT2D eigenvalue weighted by Gasteiger charge is -2.27. The number of nitrogens with two attached hydrogens (primary N) is 3. The van der Waals surface area contributed by atoms with E-state index in [-0.39, 0.29) is 56.3 Å². The topological polar surface area (TPSA) is 316 Å². The van der Waals surface area contributed by atoms with Gasteiger partial charge in [-0.25, -0.2) is 0 Å². The molecule has 0 saturated heterocycles. The van der Waals surface area contributed by atoms with E-state index in [1.165, 1.54) is 24.9 Å². The number of carbonyl (C=O) groups excluding carboxylic acids is 6. The SMILES string of the molecule is CC(C)C[C@@H]1NC(=O)[C@H](CCCN=C(N)N)NC(=O)[C@H](C)NC(=O)[C@@H]2CSC(=N2)c2cc(ccn2)C[C@@H](C(N)=O)NC(=O)[C@H](CCC(=O)O)NC1=O. The Morgan fingerprint density at radius 3 is 2.21 bits per heavy atom. The molecule has 4 bridgehead atoms. The molecule has 6 atom stereocenters. The van der Waals surface area contributed by atoms with Crippen molar-refractivity contribution in [2.45, 2.75) is 95.5 Å². The van der Waals surface area contributed by atoms with Gasteiger partial charge in [-0.2, -0.15) is 0 Å². The Morgan fingerprint density at radius 1 is 0.923 bits per heavy atom. The number of amides is 6. The molecule has 3 heterocycles. The van der Waals surface area contributed by atoms with Gasteiger partial charge in [0.1, 0.15) is 41.3 Å². The Kier molecular flexibility index (Phi) is 15.3. The lowest BCUT2D eigenvalue weighted by Crippen LogP contribution is -2.59. The molecular formula is C32H47N11O8S. The summed E-state index contributed by atoms with van der Waals surface area (Å²) in [6.07, 6.45) is 0.937. The molecule has 0 spiro atoms. The van der Waals surface area contributed by atoms with Crippen molar-refractivity contribution in [1.82, 2.24) is 31.6 Å². The number of carboxylic acids is 1. The number of rotatable bonds is 10. The van der Waals surface area contributed by atoms with Crippen molar-refractivity contribution in [2.75, 3.05) is 12.3 Å². The Hall–Kier alpha value is -5.27. The van der Waals surface area contributed by atoms with Crippen LogP contribution in [0.15, 0.2) is 28.3 Å². The number of primary amides is 1. The zero-order chi connectivity index (χ0) is 38.5. The third kappa shape index (κ3) is 12.8. The molecule has 52 heavy (non-hydrogen) atoms. The Balaban J connectivity index is 2.03. The lowest BCUT2D eigenvalue weighted by molar-refractivity contribution is -0.138. The van der Waals surface area contributed by atoms with Crippen LogP contribution >= 0.6 is 11.8 Å². The minimum absolute atomic E-state index is 0.0438. The summed E-state index contributed by atoms with van der Waals surface area (Å²) in [4.78, 5) is 104. The monoisotopic (exact) mass is 745 g/mol. The smallest absolute Gasteiger partial charge is 0.303 e. The van der Waals surface area contributed by atoms with Gasteiger partial charge in [0.25, 0.3) is 0 Å². The van der Waals surface area contributed by atoms with E-state index in [1.807, 2.05) is 0 Å². The number of aliphatic imine (C=N–C) groups is 2. The summed E-state index contributed by atoms with van der Waals surface area (Å²) in [6.45, 7) is 5.18. The number of nitrogens with zero attached hydrogens (tertiary/aromatic N) is 3. The number of carbonyl (C=O) groups is 7. The third-order valence-corrected chi connectivity index (χ3v) is 9.12. The number of fused-ring (bicyclic) bond motifs is 4. The summed E-state index contributed by atoms with van der Waals surface area (Å²) < 4.78 is 0. The van der Waals surface area contributed by atoms with Gasteiger partial charge in [-0.05, 0) is 56.2 Å². The van der Waals surface area contributed by atoms with Crippen LogP contribution in [0.2, 0.25) is 0 Å². The van der Waals surface area contributed by atoms with Crippen LogP contribution < -0.4 is 43.8 Å². The number of hydrogen-bond acceptors (Lipinski definition) is 11. The van der Waals surface area contributed by atoms with Gasteiger partial charge in [-0.1, -0.05) is 13.8 Å². The second-order valence-corrected chi connectivity index (χ2v) is 13.9. The Morgan fingerprint density at radius 2 is 1.56 bits per heavy atom. The molecule has 0 radical (unpaired) electrons. The van der Waals surface area contributed by atoms with Gasteiger partial charge in [-0.15, -0.1) is 11.8 Å². The van der Waals surface area contributed by atoms with Gasteiger partial charge >= 0.3 is 5.97 Å². The molecule has 0 aliphatic carbocycles. The van der Waals surface area contributed by atoms with Gasteiger partial charge in [0.2, 0.25) is 35.4 Å². The molecule has 1 aromatic heterocycles. The van der Waals surface area contributed by atoms with Crippen molar-refractivity contribution < 1.29 is 38.7 Å². The second kappa shape index (κ2) is 19.4. The molecule has 0 fully saturated rings. The van der Waals surface area contributed by atoms with Crippen LogP contribution in [0.4, 0.5) is 0 Å². The molecule has 284 valence electrons. The van der Waals surface area contributed by atoms with Crippen LogP contribution in [0.3, 0.4) is 0 Å². The number of aromatic nitrogens is 1. The summed E-state index contributed by atoms with van der Waals surface area (Å²) in [5.74, 6) is -5.79. The normalized spacial score (nSPS) is 24.8. The van der Waals surface area contributed by atoms with Crippen LogP contribution in [0.5, 0.6) is 0 Å². The quantitative estimate of drug-likeness (QED) is 0.0676. The lowest BCUT2D eigenvalue weighted by atomic mass is 10.0. The molecule has 6 amide bonds. The summed E-state index contributed by atoms with van der Waals surface area (Å²) in [7, 11) is 0. The van der Waals surface area contributed by atoms with E-state index in [1.54, 1.807) is 26.0 Å². The van der Waals surface area contributed by atoms with Gasteiger partial charge in [0, 0.05) is 31.3 Å². The Labute approximate surface area is 304 Å². The molecule has 0 saturated carbocycles. The highest BCUT2D eigenvalue weighted by atomic mass is 32.2. The van der Waals surface area contributed by atoms with Crippen LogP contribution in [-0.2, 0) is 40.0 Å². The fourth-order valence-corrected chi connectivity index (χ4v) is 6.33. The van der Waals surface area contributed by atoms with Crippen molar-refractivity contribution in [3.63, 3.8) is 0 Å². The van der Waals surface area contributed by atoms with Gasteiger partial charge in [0.15, 0.2) is 5.96 Å². The maximum absolute atomic E-state index is 13.7. The van der Waals surface area contributed by atoms with Gasteiger partial charge < -0.3 is 48.9 Å². The summed E-state index contributed by atoms with van der Waals surface area (Å²) in [5.41, 5.74) is 17.4. The first-order chi connectivity index (χ1) is 24.5. The number of guanidine groups is 1. The summed E-state index contributed by atoms with van der Waals surface area (Å²) in [5, 5.41) is 22.8. The first-order valence-electron chi connectivity index (χ1n) is 16.8.